The van der Waals surface area contributed by atoms with Crippen LogP contribution in [0.4, 0.5) is 4.39 Å². The summed E-state index contributed by atoms with van der Waals surface area (Å²) in [4.78, 5) is 0. The summed E-state index contributed by atoms with van der Waals surface area (Å²) in [5, 5.41) is 8.36. The molecule has 0 aromatic rings. The van der Waals surface area contributed by atoms with Gasteiger partial charge < -0.3 is 9.47 Å². The maximum atomic E-state index is 13.1. The third-order valence-corrected chi connectivity index (χ3v) is 1.12. The third-order valence-electron chi connectivity index (χ3n) is 1.12. The molecule has 0 unspecified atom stereocenters. The summed E-state index contributed by atoms with van der Waals surface area (Å²) in [5.74, 6) is 0. The predicted octanol–water partition coefficient (Wildman–Crippen LogP) is 1.99. The van der Waals surface area contributed by atoms with Crippen LogP contribution in [0.1, 0.15) is 26.7 Å². The third kappa shape index (κ3) is 4.27. The fraction of sp³-hybridized carbons (Fsp3) is 0.875. The molecule has 0 aliphatic carbocycles. The van der Waals surface area contributed by atoms with Gasteiger partial charge >= 0.3 is 6.04 Å². The van der Waals surface area contributed by atoms with Crippen molar-refractivity contribution >= 4 is 0 Å². The van der Waals surface area contributed by atoms with E-state index in [0.29, 0.717) is 12.8 Å². The molecule has 0 aromatic heterocycles. The van der Waals surface area contributed by atoms with E-state index in [4.69, 9.17) is 5.26 Å². The van der Waals surface area contributed by atoms with Crippen LogP contribution in [0.25, 0.3) is 0 Å². The molecule has 0 rings (SSSR count). The minimum atomic E-state index is -2.55. The standard InChI is InChI=1S/C8H14FNO2/c1-3-5-11-8(9,7-10)12-6-4-2/h3-6H2,1-2H3. The van der Waals surface area contributed by atoms with Crippen LogP contribution < -0.4 is 0 Å². The van der Waals surface area contributed by atoms with E-state index < -0.39 is 6.04 Å². The van der Waals surface area contributed by atoms with Gasteiger partial charge in [0.25, 0.3) is 0 Å². The van der Waals surface area contributed by atoms with Gasteiger partial charge in [0.15, 0.2) is 6.07 Å². The number of rotatable bonds is 6. The molecule has 0 aliphatic rings. The van der Waals surface area contributed by atoms with Crippen molar-refractivity contribution in [1.29, 1.82) is 5.26 Å². The first kappa shape index (κ1) is 11.3. The van der Waals surface area contributed by atoms with Crippen molar-refractivity contribution in [3.63, 3.8) is 0 Å². The van der Waals surface area contributed by atoms with Gasteiger partial charge in [-0.3, -0.25) is 0 Å². The van der Waals surface area contributed by atoms with Crippen LogP contribution in [0.15, 0.2) is 0 Å². The molecule has 0 saturated heterocycles. The maximum absolute atomic E-state index is 13.1. The summed E-state index contributed by atoms with van der Waals surface area (Å²) in [6.45, 7) is 4.04. The van der Waals surface area contributed by atoms with Crippen LogP contribution in [-0.2, 0) is 9.47 Å². The maximum Gasteiger partial charge on any atom is 0.413 e. The number of nitrogens with zero attached hydrogens (tertiary/aromatic N) is 1. The monoisotopic (exact) mass is 175 g/mol. The molecule has 12 heavy (non-hydrogen) atoms. The zero-order valence-electron chi connectivity index (χ0n) is 7.47. The smallest absolute Gasteiger partial charge is 0.312 e. The summed E-state index contributed by atoms with van der Waals surface area (Å²) in [7, 11) is 0. The highest BCUT2D eigenvalue weighted by molar-refractivity contribution is 4.84. The zero-order valence-corrected chi connectivity index (χ0v) is 7.47. The van der Waals surface area contributed by atoms with Crippen molar-refractivity contribution in [2.45, 2.75) is 32.7 Å². The topological polar surface area (TPSA) is 42.2 Å². The predicted molar refractivity (Wildman–Crippen MR) is 41.9 cm³/mol. The Labute approximate surface area is 72.1 Å². The number of hydrogen-bond acceptors (Lipinski definition) is 3. The molecule has 3 nitrogen and oxygen atoms in total. The summed E-state index contributed by atoms with van der Waals surface area (Å²) >= 11 is 0. The van der Waals surface area contributed by atoms with Crippen molar-refractivity contribution < 1.29 is 13.9 Å². The fourth-order valence-electron chi connectivity index (χ4n) is 0.573. The lowest BCUT2D eigenvalue weighted by atomic mass is 10.5. The molecule has 0 amide bonds. The number of ether oxygens (including phenoxy) is 2. The van der Waals surface area contributed by atoms with Gasteiger partial charge in [0.1, 0.15) is 0 Å². The van der Waals surface area contributed by atoms with Crippen molar-refractivity contribution in [3.8, 4) is 6.07 Å². The van der Waals surface area contributed by atoms with E-state index in [-0.39, 0.29) is 13.2 Å². The SMILES string of the molecule is CCCOC(F)(C#N)OCCC. The Morgan fingerprint density at radius 2 is 1.67 bits per heavy atom. The first-order valence-electron chi connectivity index (χ1n) is 4.06. The quantitative estimate of drug-likeness (QED) is 0.580. The van der Waals surface area contributed by atoms with Gasteiger partial charge in [0, 0.05) is 0 Å². The zero-order chi connectivity index (χ0) is 9.45. The molecule has 0 saturated carbocycles. The molecule has 0 spiro atoms. The number of halogens is 1. The van der Waals surface area contributed by atoms with Gasteiger partial charge in [-0.2, -0.15) is 9.65 Å². The van der Waals surface area contributed by atoms with Crippen LogP contribution in [0.5, 0.6) is 0 Å². The van der Waals surface area contributed by atoms with Crippen molar-refractivity contribution in [2.75, 3.05) is 13.2 Å². The summed E-state index contributed by atoms with van der Waals surface area (Å²) in [6.07, 6.45) is 1.31. The van der Waals surface area contributed by atoms with Gasteiger partial charge in [-0.25, -0.2) is 0 Å². The van der Waals surface area contributed by atoms with Crippen molar-refractivity contribution in [3.05, 3.63) is 0 Å². The van der Waals surface area contributed by atoms with E-state index in [2.05, 4.69) is 9.47 Å². The number of alkyl halides is 1. The number of hydrogen-bond donors (Lipinski definition) is 0. The highest BCUT2D eigenvalue weighted by atomic mass is 19.2. The minimum absolute atomic E-state index is 0.188. The van der Waals surface area contributed by atoms with Gasteiger partial charge in [-0.1, -0.05) is 13.8 Å². The average molecular weight is 175 g/mol. The van der Waals surface area contributed by atoms with Gasteiger partial charge in [0.2, 0.25) is 0 Å². The molecule has 0 aromatic carbocycles. The average Bonchev–Trinajstić information content (AvgIpc) is 2.11. The molecule has 0 fully saturated rings. The second-order valence-electron chi connectivity index (χ2n) is 2.34. The van der Waals surface area contributed by atoms with Crippen molar-refractivity contribution in [2.24, 2.45) is 0 Å². The Hall–Kier alpha value is -0.660. The lowest BCUT2D eigenvalue weighted by Gasteiger charge is -2.16. The van der Waals surface area contributed by atoms with E-state index in [1.807, 2.05) is 13.8 Å². The van der Waals surface area contributed by atoms with E-state index in [9.17, 15) is 4.39 Å². The first-order chi connectivity index (χ1) is 5.68. The molecular formula is C8H14FNO2. The molecule has 0 heterocycles. The van der Waals surface area contributed by atoms with Gasteiger partial charge in [0.05, 0.1) is 13.2 Å². The Bertz CT molecular complexity index is 148. The summed E-state index contributed by atoms with van der Waals surface area (Å²) < 4.78 is 22.2. The fourth-order valence-corrected chi connectivity index (χ4v) is 0.573. The molecule has 0 atom stereocenters. The summed E-state index contributed by atoms with van der Waals surface area (Å²) in [6, 6.07) is -1.21. The largest absolute Gasteiger partial charge is 0.413 e. The van der Waals surface area contributed by atoms with Crippen LogP contribution in [0, 0.1) is 11.3 Å². The van der Waals surface area contributed by atoms with E-state index >= 15 is 0 Å². The van der Waals surface area contributed by atoms with Gasteiger partial charge in [-0.15, -0.1) is 0 Å². The summed E-state index contributed by atoms with van der Waals surface area (Å²) in [5.41, 5.74) is 0. The molecule has 4 heteroatoms. The normalized spacial score (nSPS) is 11.2. The Balaban J connectivity index is 3.81. The lowest BCUT2D eigenvalue weighted by molar-refractivity contribution is -0.277. The molecule has 0 aliphatic heterocycles. The minimum Gasteiger partial charge on any atom is -0.312 e. The van der Waals surface area contributed by atoms with Gasteiger partial charge in [-0.05, 0) is 12.8 Å². The highest BCUT2D eigenvalue weighted by Crippen LogP contribution is 2.14. The number of nitriles is 1. The van der Waals surface area contributed by atoms with E-state index in [1.54, 1.807) is 0 Å². The first-order valence-corrected chi connectivity index (χ1v) is 4.06. The van der Waals surface area contributed by atoms with Crippen molar-refractivity contribution in [1.82, 2.24) is 0 Å². The highest BCUT2D eigenvalue weighted by Gasteiger charge is 2.31. The molecule has 0 bridgehead atoms. The van der Waals surface area contributed by atoms with Crippen LogP contribution in [0.3, 0.4) is 0 Å². The Morgan fingerprint density at radius 1 is 1.25 bits per heavy atom. The lowest BCUT2D eigenvalue weighted by Crippen LogP contribution is -2.29. The van der Waals surface area contributed by atoms with E-state index in [0.717, 1.165) is 0 Å². The Morgan fingerprint density at radius 3 is 1.92 bits per heavy atom. The molecule has 0 radical (unpaired) electrons. The van der Waals surface area contributed by atoms with E-state index in [1.165, 1.54) is 6.07 Å². The van der Waals surface area contributed by atoms with Crippen LogP contribution >= 0.6 is 0 Å². The second kappa shape index (κ2) is 5.92. The molecular weight excluding hydrogens is 161 g/mol. The van der Waals surface area contributed by atoms with Crippen LogP contribution in [0.2, 0.25) is 0 Å². The Kier molecular flexibility index (Phi) is 5.60. The second-order valence-corrected chi connectivity index (χ2v) is 2.34. The molecule has 0 N–H and O–H groups in total. The van der Waals surface area contributed by atoms with Crippen LogP contribution in [-0.4, -0.2) is 19.3 Å². The molecule has 70 valence electrons.